The van der Waals surface area contributed by atoms with Crippen molar-refractivity contribution in [1.82, 2.24) is 14.8 Å². The van der Waals surface area contributed by atoms with Gasteiger partial charge in [-0.05, 0) is 67.0 Å². The molecule has 8 nitrogen and oxygen atoms in total. The molecule has 3 aliphatic heterocycles. The van der Waals surface area contributed by atoms with Crippen molar-refractivity contribution in [3.05, 3.63) is 51.8 Å². The standard InChI is InChI=1S/C25H26N4O4/c1-13-20(11-28-9-16-6-17(16)10-28)14(2)26-22(13)7-19-18-5-15(3-4-21(18)27-24(19)31)8-29-23(30)12-33-25(29)32/h3-5,7,16-17,26H,6,8-12H2,1-2H3,(H,27,31)/t16-,17?/m1/s1. The molecule has 0 bridgehead atoms. The van der Waals surface area contributed by atoms with Gasteiger partial charge in [-0.25, -0.2) is 9.69 Å². The lowest BCUT2D eigenvalue weighted by atomic mass is 10.0. The summed E-state index contributed by atoms with van der Waals surface area (Å²) in [6.45, 7) is 7.42. The van der Waals surface area contributed by atoms with Gasteiger partial charge < -0.3 is 15.0 Å². The highest BCUT2D eigenvalue weighted by atomic mass is 16.6. The third kappa shape index (κ3) is 3.45. The Bertz CT molecular complexity index is 1220. The molecule has 2 saturated heterocycles. The van der Waals surface area contributed by atoms with Crippen LogP contribution in [0.1, 0.15) is 40.1 Å². The molecule has 8 heteroatoms. The van der Waals surface area contributed by atoms with E-state index in [2.05, 4.69) is 29.0 Å². The molecule has 6 rings (SSSR count). The number of hydrogen-bond donors (Lipinski definition) is 2. The number of carbonyl (C=O) groups is 3. The Morgan fingerprint density at radius 3 is 2.64 bits per heavy atom. The number of nitrogens with zero attached hydrogens (tertiary/aromatic N) is 2. The van der Waals surface area contributed by atoms with Gasteiger partial charge in [-0.1, -0.05) is 6.07 Å². The summed E-state index contributed by atoms with van der Waals surface area (Å²) in [6.07, 6.45) is 2.67. The Labute approximate surface area is 191 Å². The minimum absolute atomic E-state index is 0.120. The van der Waals surface area contributed by atoms with Crippen LogP contribution in [0.2, 0.25) is 0 Å². The predicted octanol–water partition coefficient (Wildman–Crippen LogP) is 3.05. The molecule has 0 spiro atoms. The van der Waals surface area contributed by atoms with Crippen molar-refractivity contribution in [3.63, 3.8) is 0 Å². The third-order valence-electron chi connectivity index (χ3n) is 7.40. The largest absolute Gasteiger partial charge is 0.439 e. The van der Waals surface area contributed by atoms with Crippen LogP contribution in [-0.2, 0) is 27.4 Å². The van der Waals surface area contributed by atoms with Crippen LogP contribution in [0.25, 0.3) is 11.6 Å². The van der Waals surface area contributed by atoms with Gasteiger partial charge in [0, 0.05) is 42.3 Å². The van der Waals surface area contributed by atoms with Crippen molar-refractivity contribution < 1.29 is 19.1 Å². The Hall–Kier alpha value is -3.39. The topological polar surface area (TPSA) is 94.7 Å². The SMILES string of the molecule is Cc1[nH]c(C=C2C(=O)Nc3ccc(CN4C(=O)COC4=O)cc32)c(C)c1CN1CC2C[C@@H]2C1. The molecule has 0 radical (unpaired) electrons. The molecule has 1 saturated carbocycles. The van der Waals surface area contributed by atoms with E-state index in [4.69, 9.17) is 4.74 Å². The maximum absolute atomic E-state index is 12.8. The van der Waals surface area contributed by atoms with Crippen LogP contribution in [-0.4, -0.2) is 52.4 Å². The number of fused-ring (bicyclic) bond motifs is 2. The zero-order valence-electron chi connectivity index (χ0n) is 18.7. The number of aromatic amines is 1. The minimum Gasteiger partial charge on any atom is -0.439 e. The van der Waals surface area contributed by atoms with Crippen LogP contribution in [0.15, 0.2) is 18.2 Å². The Kier molecular flexibility index (Phi) is 4.48. The number of anilines is 1. The molecule has 2 aromatic rings. The summed E-state index contributed by atoms with van der Waals surface area (Å²) in [6, 6.07) is 5.48. The first-order chi connectivity index (χ1) is 15.9. The number of aryl methyl sites for hydroxylation is 1. The Morgan fingerprint density at radius 2 is 1.91 bits per heavy atom. The van der Waals surface area contributed by atoms with E-state index in [0.717, 1.165) is 51.5 Å². The molecular weight excluding hydrogens is 420 g/mol. The molecule has 170 valence electrons. The highest BCUT2D eigenvalue weighted by molar-refractivity contribution is 6.34. The van der Waals surface area contributed by atoms with Crippen LogP contribution < -0.4 is 5.32 Å². The van der Waals surface area contributed by atoms with E-state index in [9.17, 15) is 14.4 Å². The van der Waals surface area contributed by atoms with E-state index in [0.29, 0.717) is 5.57 Å². The maximum atomic E-state index is 12.8. The normalized spacial score (nSPS) is 25.0. The summed E-state index contributed by atoms with van der Waals surface area (Å²) in [5.41, 5.74) is 7.38. The zero-order valence-corrected chi connectivity index (χ0v) is 18.7. The van der Waals surface area contributed by atoms with Crippen LogP contribution in [0.5, 0.6) is 0 Å². The van der Waals surface area contributed by atoms with Gasteiger partial charge in [-0.2, -0.15) is 0 Å². The second kappa shape index (κ2) is 7.31. The minimum atomic E-state index is -0.634. The van der Waals surface area contributed by atoms with Crippen molar-refractivity contribution in [2.75, 3.05) is 25.0 Å². The highest BCUT2D eigenvalue weighted by Gasteiger charge is 2.45. The first-order valence-corrected chi connectivity index (χ1v) is 11.4. The first kappa shape index (κ1) is 20.2. The summed E-state index contributed by atoms with van der Waals surface area (Å²) in [4.78, 5) is 43.6. The quantitative estimate of drug-likeness (QED) is 0.689. The van der Waals surface area contributed by atoms with Crippen LogP contribution in [0.4, 0.5) is 10.5 Å². The molecule has 1 aliphatic carbocycles. The number of cyclic esters (lactones) is 1. The zero-order chi connectivity index (χ0) is 22.9. The fourth-order valence-electron chi connectivity index (χ4n) is 5.38. The molecule has 3 amide bonds. The molecule has 1 aromatic carbocycles. The monoisotopic (exact) mass is 446 g/mol. The number of likely N-dealkylation sites (tertiary alicyclic amines) is 1. The number of H-pyrrole nitrogens is 1. The maximum Gasteiger partial charge on any atom is 0.417 e. The molecule has 3 fully saturated rings. The van der Waals surface area contributed by atoms with E-state index in [1.54, 1.807) is 0 Å². The number of ether oxygens (including phenoxy) is 1. The summed E-state index contributed by atoms with van der Waals surface area (Å²) in [7, 11) is 0. The number of piperidine rings is 1. The van der Waals surface area contributed by atoms with E-state index in [1.165, 1.54) is 30.6 Å². The van der Waals surface area contributed by atoms with Gasteiger partial charge in [-0.3, -0.25) is 14.5 Å². The Balaban J connectivity index is 1.28. The number of aromatic nitrogens is 1. The van der Waals surface area contributed by atoms with E-state index in [1.807, 2.05) is 24.3 Å². The molecule has 4 heterocycles. The van der Waals surface area contributed by atoms with Gasteiger partial charge >= 0.3 is 6.09 Å². The first-order valence-electron chi connectivity index (χ1n) is 11.4. The van der Waals surface area contributed by atoms with Gasteiger partial charge in [0.15, 0.2) is 6.61 Å². The second-order valence-corrected chi connectivity index (χ2v) is 9.64. The fourth-order valence-corrected chi connectivity index (χ4v) is 5.38. The van der Waals surface area contributed by atoms with Crippen molar-refractivity contribution in [3.8, 4) is 0 Å². The second-order valence-electron chi connectivity index (χ2n) is 9.64. The number of nitrogens with one attached hydrogen (secondary N) is 2. The van der Waals surface area contributed by atoms with Crippen LogP contribution >= 0.6 is 0 Å². The smallest absolute Gasteiger partial charge is 0.417 e. The van der Waals surface area contributed by atoms with Gasteiger partial charge in [0.2, 0.25) is 0 Å². The average molecular weight is 447 g/mol. The van der Waals surface area contributed by atoms with Gasteiger partial charge in [-0.15, -0.1) is 0 Å². The molecule has 33 heavy (non-hydrogen) atoms. The van der Waals surface area contributed by atoms with Crippen molar-refractivity contribution in [2.24, 2.45) is 11.8 Å². The average Bonchev–Trinajstić information content (AvgIpc) is 3.00. The number of rotatable bonds is 5. The number of amides is 3. The van der Waals surface area contributed by atoms with Gasteiger partial charge in [0.25, 0.3) is 11.8 Å². The van der Waals surface area contributed by atoms with Crippen molar-refractivity contribution in [2.45, 2.75) is 33.4 Å². The Morgan fingerprint density at radius 1 is 1.12 bits per heavy atom. The summed E-state index contributed by atoms with van der Waals surface area (Å²) >= 11 is 0. The number of benzene rings is 1. The fraction of sp³-hybridized carbons (Fsp3) is 0.400. The number of imide groups is 1. The van der Waals surface area contributed by atoms with Crippen molar-refractivity contribution >= 4 is 35.2 Å². The van der Waals surface area contributed by atoms with Gasteiger partial charge in [0.1, 0.15) is 0 Å². The predicted molar refractivity (Wildman–Crippen MR) is 122 cm³/mol. The lowest BCUT2D eigenvalue weighted by molar-refractivity contribution is -0.126. The van der Waals surface area contributed by atoms with Crippen LogP contribution in [0.3, 0.4) is 0 Å². The third-order valence-corrected chi connectivity index (χ3v) is 7.40. The molecule has 2 N–H and O–H groups in total. The molecule has 4 aliphatic rings. The lowest BCUT2D eigenvalue weighted by Gasteiger charge is -2.17. The number of hydrogen-bond acceptors (Lipinski definition) is 5. The number of carbonyl (C=O) groups excluding carboxylic acids is 3. The molecule has 1 unspecified atom stereocenters. The lowest BCUT2D eigenvalue weighted by Crippen LogP contribution is -2.28. The molecule has 1 aromatic heterocycles. The summed E-state index contributed by atoms with van der Waals surface area (Å²) < 4.78 is 4.79. The van der Waals surface area contributed by atoms with Crippen LogP contribution in [0, 0.1) is 25.7 Å². The van der Waals surface area contributed by atoms with Crippen molar-refractivity contribution in [1.29, 1.82) is 0 Å². The van der Waals surface area contributed by atoms with E-state index < -0.39 is 6.09 Å². The summed E-state index contributed by atoms with van der Waals surface area (Å²) in [5.74, 6) is 1.28. The van der Waals surface area contributed by atoms with E-state index >= 15 is 0 Å². The molecular formula is C25H26N4O4. The summed E-state index contributed by atoms with van der Waals surface area (Å²) in [5, 5.41) is 2.91. The highest BCUT2D eigenvalue weighted by Crippen LogP contribution is 2.45. The molecule has 2 atom stereocenters. The van der Waals surface area contributed by atoms with E-state index in [-0.39, 0.29) is 25.0 Å². The van der Waals surface area contributed by atoms with Gasteiger partial charge in [0.05, 0.1) is 12.1 Å².